The lowest BCUT2D eigenvalue weighted by Crippen LogP contribution is -2.14. The van der Waals surface area contributed by atoms with Gasteiger partial charge < -0.3 is 5.73 Å². The molecule has 0 aliphatic heterocycles. The van der Waals surface area contributed by atoms with E-state index in [2.05, 4.69) is 4.72 Å². The van der Waals surface area contributed by atoms with Gasteiger partial charge in [0, 0.05) is 0 Å². The number of rotatable bonds is 5. The smallest absolute Gasteiger partial charge is 0.261 e. The maximum absolute atomic E-state index is 13.5. The van der Waals surface area contributed by atoms with Gasteiger partial charge >= 0.3 is 0 Å². The summed E-state index contributed by atoms with van der Waals surface area (Å²) < 4.78 is 39.9. The second kappa shape index (κ2) is 6.02. The molecule has 0 atom stereocenters. The summed E-state index contributed by atoms with van der Waals surface area (Å²) in [6, 6.07) is 12.0. The standard InChI is InChI=1S/C14H15FN2O2S/c15-13-3-1-2-4-14(13)17-20(18,19)12-7-5-11(6-8-12)9-10-16/h1-8,17H,9-10,16H2. The zero-order valence-electron chi connectivity index (χ0n) is 10.7. The minimum absolute atomic E-state index is 0.0708. The van der Waals surface area contributed by atoms with Gasteiger partial charge in [-0.2, -0.15) is 0 Å². The molecule has 0 aromatic heterocycles. The fourth-order valence-corrected chi connectivity index (χ4v) is 2.82. The topological polar surface area (TPSA) is 72.2 Å². The first kappa shape index (κ1) is 14.5. The highest BCUT2D eigenvalue weighted by molar-refractivity contribution is 7.92. The second-order valence-corrected chi connectivity index (χ2v) is 5.95. The zero-order chi connectivity index (χ0) is 14.6. The van der Waals surface area contributed by atoms with Crippen LogP contribution in [-0.2, 0) is 16.4 Å². The van der Waals surface area contributed by atoms with Gasteiger partial charge in [-0.05, 0) is 42.8 Å². The zero-order valence-corrected chi connectivity index (χ0v) is 11.5. The first-order valence-electron chi connectivity index (χ1n) is 6.09. The predicted molar refractivity (Wildman–Crippen MR) is 76.4 cm³/mol. The van der Waals surface area contributed by atoms with Crippen LogP contribution in [0.25, 0.3) is 0 Å². The van der Waals surface area contributed by atoms with Crippen LogP contribution in [0.2, 0.25) is 0 Å². The monoisotopic (exact) mass is 294 g/mol. The second-order valence-electron chi connectivity index (χ2n) is 4.27. The largest absolute Gasteiger partial charge is 0.330 e. The van der Waals surface area contributed by atoms with Gasteiger partial charge in [-0.25, -0.2) is 12.8 Å². The van der Waals surface area contributed by atoms with Crippen LogP contribution >= 0.6 is 0 Å². The van der Waals surface area contributed by atoms with E-state index in [1.54, 1.807) is 18.2 Å². The van der Waals surface area contributed by atoms with Crippen LogP contribution in [0, 0.1) is 5.82 Å². The predicted octanol–water partition coefficient (Wildman–Crippen LogP) is 2.13. The fourth-order valence-electron chi connectivity index (χ4n) is 1.75. The van der Waals surface area contributed by atoms with E-state index < -0.39 is 15.8 Å². The molecule has 0 aliphatic carbocycles. The van der Waals surface area contributed by atoms with E-state index in [1.165, 1.54) is 30.3 Å². The summed E-state index contributed by atoms with van der Waals surface area (Å²) in [7, 11) is -3.79. The minimum Gasteiger partial charge on any atom is -0.330 e. The molecule has 6 heteroatoms. The molecule has 0 fully saturated rings. The number of benzene rings is 2. The molecule has 2 rings (SSSR count). The number of hydrogen-bond acceptors (Lipinski definition) is 3. The SMILES string of the molecule is NCCc1ccc(S(=O)(=O)Nc2ccccc2F)cc1. The number of halogens is 1. The van der Waals surface area contributed by atoms with Crippen LogP contribution < -0.4 is 10.5 Å². The van der Waals surface area contributed by atoms with Crippen LogP contribution in [0.15, 0.2) is 53.4 Å². The average molecular weight is 294 g/mol. The summed E-state index contributed by atoms with van der Waals surface area (Å²) in [6.45, 7) is 0.500. The highest BCUT2D eigenvalue weighted by atomic mass is 32.2. The van der Waals surface area contributed by atoms with Crippen molar-refractivity contribution in [3.63, 3.8) is 0 Å². The number of nitrogens with one attached hydrogen (secondary N) is 1. The van der Waals surface area contributed by atoms with Crippen molar-refractivity contribution in [3.8, 4) is 0 Å². The van der Waals surface area contributed by atoms with Crippen molar-refractivity contribution in [1.29, 1.82) is 0 Å². The minimum atomic E-state index is -3.79. The van der Waals surface area contributed by atoms with Crippen molar-refractivity contribution >= 4 is 15.7 Å². The van der Waals surface area contributed by atoms with Gasteiger partial charge in [0.05, 0.1) is 10.6 Å². The Kier molecular flexibility index (Phi) is 4.36. The highest BCUT2D eigenvalue weighted by Crippen LogP contribution is 2.19. The molecular formula is C14H15FN2O2S. The molecule has 2 aromatic carbocycles. The van der Waals surface area contributed by atoms with E-state index in [4.69, 9.17) is 5.73 Å². The van der Waals surface area contributed by atoms with Crippen LogP contribution in [0.3, 0.4) is 0 Å². The Morgan fingerprint density at radius 2 is 1.70 bits per heavy atom. The summed E-state index contributed by atoms with van der Waals surface area (Å²) in [6.07, 6.45) is 0.682. The normalized spacial score (nSPS) is 11.3. The van der Waals surface area contributed by atoms with E-state index in [9.17, 15) is 12.8 Å². The Hall–Kier alpha value is -1.92. The Balaban J connectivity index is 2.24. The Morgan fingerprint density at radius 3 is 2.30 bits per heavy atom. The summed E-state index contributed by atoms with van der Waals surface area (Å²) in [4.78, 5) is 0.0847. The molecule has 0 amide bonds. The Labute approximate surface area is 117 Å². The third kappa shape index (κ3) is 3.34. The van der Waals surface area contributed by atoms with Crippen molar-refractivity contribution in [2.24, 2.45) is 5.73 Å². The molecule has 3 N–H and O–H groups in total. The molecule has 0 unspecified atom stereocenters. The first-order valence-corrected chi connectivity index (χ1v) is 7.57. The van der Waals surface area contributed by atoms with Crippen molar-refractivity contribution in [2.75, 3.05) is 11.3 Å². The molecule has 2 aromatic rings. The van der Waals surface area contributed by atoms with Gasteiger partial charge in [0.1, 0.15) is 5.82 Å². The molecular weight excluding hydrogens is 279 g/mol. The maximum Gasteiger partial charge on any atom is 0.261 e. The molecule has 106 valence electrons. The van der Waals surface area contributed by atoms with Crippen molar-refractivity contribution < 1.29 is 12.8 Å². The molecule has 4 nitrogen and oxygen atoms in total. The summed E-state index contributed by atoms with van der Waals surface area (Å²) in [5.41, 5.74) is 6.32. The van der Waals surface area contributed by atoms with Crippen LogP contribution in [0.4, 0.5) is 10.1 Å². The first-order chi connectivity index (χ1) is 9.53. The van der Waals surface area contributed by atoms with Gasteiger partial charge in [-0.1, -0.05) is 24.3 Å². The summed E-state index contributed by atoms with van der Waals surface area (Å²) in [5.74, 6) is -0.615. The molecule has 0 saturated carbocycles. The molecule has 0 heterocycles. The number of nitrogens with two attached hydrogens (primary N) is 1. The van der Waals surface area contributed by atoms with E-state index in [1.807, 2.05) is 0 Å². The van der Waals surface area contributed by atoms with Crippen molar-refractivity contribution in [3.05, 3.63) is 59.9 Å². The Bertz CT molecular complexity index is 685. The molecule has 0 radical (unpaired) electrons. The van der Waals surface area contributed by atoms with Crippen molar-refractivity contribution in [2.45, 2.75) is 11.3 Å². The number of para-hydroxylation sites is 1. The quantitative estimate of drug-likeness (QED) is 0.887. The molecule has 0 aliphatic rings. The molecule has 0 saturated heterocycles. The summed E-state index contributed by atoms with van der Waals surface area (Å²) >= 11 is 0. The van der Waals surface area contributed by atoms with Gasteiger partial charge in [-0.15, -0.1) is 0 Å². The van der Waals surface area contributed by atoms with Crippen LogP contribution in [-0.4, -0.2) is 15.0 Å². The third-order valence-corrected chi connectivity index (χ3v) is 4.17. The van der Waals surface area contributed by atoms with Crippen LogP contribution in [0.1, 0.15) is 5.56 Å². The van der Waals surface area contributed by atoms with E-state index in [0.717, 1.165) is 5.56 Å². The lowest BCUT2D eigenvalue weighted by Gasteiger charge is -2.09. The fraction of sp³-hybridized carbons (Fsp3) is 0.143. The molecule has 20 heavy (non-hydrogen) atoms. The maximum atomic E-state index is 13.5. The molecule has 0 bridgehead atoms. The van der Waals surface area contributed by atoms with Gasteiger partial charge in [0.15, 0.2) is 0 Å². The number of hydrogen-bond donors (Lipinski definition) is 2. The number of anilines is 1. The van der Waals surface area contributed by atoms with Crippen LogP contribution in [0.5, 0.6) is 0 Å². The lowest BCUT2D eigenvalue weighted by molar-refractivity contribution is 0.598. The van der Waals surface area contributed by atoms with E-state index in [-0.39, 0.29) is 10.6 Å². The van der Waals surface area contributed by atoms with Crippen molar-refractivity contribution in [1.82, 2.24) is 0 Å². The average Bonchev–Trinajstić information content (AvgIpc) is 2.42. The van der Waals surface area contributed by atoms with Gasteiger partial charge in [0.2, 0.25) is 0 Å². The third-order valence-electron chi connectivity index (χ3n) is 2.78. The van der Waals surface area contributed by atoms with Gasteiger partial charge in [0.25, 0.3) is 10.0 Å². The van der Waals surface area contributed by atoms with E-state index in [0.29, 0.717) is 13.0 Å². The number of sulfonamides is 1. The van der Waals surface area contributed by atoms with Gasteiger partial charge in [-0.3, -0.25) is 4.72 Å². The highest BCUT2D eigenvalue weighted by Gasteiger charge is 2.15. The Morgan fingerprint density at radius 1 is 1.05 bits per heavy atom. The lowest BCUT2D eigenvalue weighted by atomic mass is 10.2. The molecule has 0 spiro atoms. The van der Waals surface area contributed by atoms with E-state index >= 15 is 0 Å². The summed E-state index contributed by atoms with van der Waals surface area (Å²) in [5, 5.41) is 0.